The highest BCUT2D eigenvalue weighted by Gasteiger charge is 2.25. The van der Waals surface area contributed by atoms with Crippen molar-refractivity contribution in [2.45, 2.75) is 13.8 Å². The Morgan fingerprint density at radius 1 is 1.21 bits per heavy atom. The zero-order chi connectivity index (χ0) is 22.9. The van der Waals surface area contributed by atoms with Crippen molar-refractivity contribution < 1.29 is 9.32 Å². The normalized spacial score (nSPS) is 14.7. The van der Waals surface area contributed by atoms with Gasteiger partial charge in [0, 0.05) is 37.8 Å². The maximum atomic E-state index is 13.1. The number of carbonyl (C=O) groups is 1. The Labute approximate surface area is 200 Å². The molecule has 170 valence electrons. The maximum Gasteiger partial charge on any atom is 0.268 e. The Balaban J connectivity index is 1.40. The number of hydrogen-bond donors (Lipinski definition) is 1. The van der Waals surface area contributed by atoms with Gasteiger partial charge in [0.1, 0.15) is 22.7 Å². The average Bonchev–Trinajstić information content (AvgIpc) is 3.44. The molecule has 0 bridgehead atoms. The molecule has 0 spiro atoms. The first-order chi connectivity index (χ1) is 16.0. The van der Waals surface area contributed by atoms with Crippen molar-refractivity contribution in [3.05, 3.63) is 52.1 Å². The van der Waals surface area contributed by atoms with E-state index < -0.39 is 0 Å². The third-order valence-corrected chi connectivity index (χ3v) is 7.46. The van der Waals surface area contributed by atoms with Gasteiger partial charge in [0.25, 0.3) is 5.91 Å². The van der Waals surface area contributed by atoms with E-state index in [4.69, 9.17) is 16.1 Å². The minimum atomic E-state index is -0.265. The highest BCUT2D eigenvalue weighted by molar-refractivity contribution is 7.20. The second kappa shape index (κ2) is 9.09. The summed E-state index contributed by atoms with van der Waals surface area (Å²) in [7, 11) is 0. The predicted molar refractivity (Wildman–Crippen MR) is 131 cm³/mol. The van der Waals surface area contributed by atoms with E-state index in [0.29, 0.717) is 15.6 Å². The topological polar surface area (TPSA) is 87.4 Å². The number of likely N-dealkylation sites (N-methyl/N-ethyl adjacent to an activating group) is 1. The largest absolute Gasteiger partial charge is 0.353 e. The van der Waals surface area contributed by atoms with E-state index in [0.717, 1.165) is 59.9 Å². The number of amides is 1. The molecule has 1 fully saturated rings. The van der Waals surface area contributed by atoms with E-state index in [9.17, 15) is 4.79 Å². The molecule has 1 aliphatic rings. The third kappa shape index (κ3) is 4.19. The Kier molecular flexibility index (Phi) is 6.01. The fourth-order valence-corrected chi connectivity index (χ4v) is 5.36. The van der Waals surface area contributed by atoms with Gasteiger partial charge in [0.05, 0.1) is 15.3 Å². The van der Waals surface area contributed by atoms with E-state index in [2.05, 4.69) is 37.2 Å². The molecule has 8 nitrogen and oxygen atoms in total. The van der Waals surface area contributed by atoms with Crippen LogP contribution in [0.3, 0.4) is 0 Å². The second-order valence-electron chi connectivity index (χ2n) is 7.87. The lowest BCUT2D eigenvalue weighted by molar-refractivity contribution is 0.102. The molecular formula is C23H23ClN6O2S. The molecule has 33 heavy (non-hydrogen) atoms. The SMILES string of the molecule is CCN1CCN(c2ncnc3sc(C(=O)Nc4cc(-c5ccccc5Cl)no4)c(C)c23)CC1. The quantitative estimate of drug-likeness (QED) is 0.441. The number of hydrogen-bond acceptors (Lipinski definition) is 8. The first-order valence-corrected chi connectivity index (χ1v) is 12.0. The van der Waals surface area contributed by atoms with Crippen LogP contribution in [-0.4, -0.2) is 58.7 Å². The molecule has 1 amide bonds. The molecule has 0 atom stereocenters. The minimum Gasteiger partial charge on any atom is -0.353 e. The van der Waals surface area contributed by atoms with Crippen molar-refractivity contribution in [2.24, 2.45) is 0 Å². The lowest BCUT2D eigenvalue weighted by Crippen LogP contribution is -2.46. The average molecular weight is 483 g/mol. The van der Waals surface area contributed by atoms with E-state index >= 15 is 0 Å². The molecule has 0 saturated carbocycles. The second-order valence-corrected chi connectivity index (χ2v) is 9.27. The number of piperazine rings is 1. The molecular weight excluding hydrogens is 460 g/mol. The van der Waals surface area contributed by atoms with Gasteiger partial charge in [-0.25, -0.2) is 9.97 Å². The first-order valence-electron chi connectivity index (χ1n) is 10.8. The lowest BCUT2D eigenvalue weighted by atomic mass is 10.1. The van der Waals surface area contributed by atoms with Gasteiger partial charge in [-0.15, -0.1) is 11.3 Å². The summed E-state index contributed by atoms with van der Waals surface area (Å²) in [6, 6.07) is 9.02. The van der Waals surface area contributed by atoms with Gasteiger partial charge in [-0.1, -0.05) is 41.9 Å². The number of nitrogens with zero attached hydrogens (tertiary/aromatic N) is 5. The fraction of sp³-hybridized carbons (Fsp3) is 0.304. The van der Waals surface area contributed by atoms with Crippen LogP contribution in [0, 0.1) is 6.92 Å². The molecule has 4 aromatic rings. The number of fused-ring (bicyclic) bond motifs is 1. The predicted octanol–water partition coefficient (Wildman–Crippen LogP) is 4.70. The summed E-state index contributed by atoms with van der Waals surface area (Å²) < 4.78 is 5.34. The van der Waals surface area contributed by atoms with Crippen LogP contribution >= 0.6 is 22.9 Å². The molecule has 0 radical (unpaired) electrons. The van der Waals surface area contributed by atoms with E-state index in [1.165, 1.54) is 11.3 Å². The molecule has 1 aliphatic heterocycles. The van der Waals surface area contributed by atoms with Crippen molar-refractivity contribution in [2.75, 3.05) is 42.9 Å². The standard InChI is InChI=1S/C23H23ClN6O2S/c1-3-29-8-10-30(11-9-29)21-19-14(2)20(33-23(19)26-13-25-21)22(31)27-18-12-17(28-32-18)15-6-4-5-7-16(15)24/h4-7,12-13H,3,8-11H2,1-2H3,(H,27,31). The van der Waals surface area contributed by atoms with Crippen molar-refractivity contribution in [1.29, 1.82) is 0 Å². The van der Waals surface area contributed by atoms with Gasteiger partial charge in [-0.2, -0.15) is 0 Å². The Bertz CT molecular complexity index is 1310. The van der Waals surface area contributed by atoms with E-state index in [-0.39, 0.29) is 11.8 Å². The fourth-order valence-electron chi connectivity index (χ4n) is 4.08. The molecule has 1 N–H and O–H groups in total. The number of benzene rings is 1. The number of aryl methyl sites for hydroxylation is 1. The maximum absolute atomic E-state index is 13.1. The van der Waals surface area contributed by atoms with Gasteiger partial charge in [0.2, 0.25) is 5.88 Å². The molecule has 3 aromatic heterocycles. The number of anilines is 2. The van der Waals surface area contributed by atoms with Gasteiger partial charge < -0.3 is 14.3 Å². The highest BCUT2D eigenvalue weighted by Crippen LogP contribution is 2.36. The number of halogens is 1. The minimum absolute atomic E-state index is 0.258. The van der Waals surface area contributed by atoms with Gasteiger partial charge in [0.15, 0.2) is 0 Å². The van der Waals surface area contributed by atoms with Crippen LogP contribution in [0.1, 0.15) is 22.2 Å². The monoisotopic (exact) mass is 482 g/mol. The summed E-state index contributed by atoms with van der Waals surface area (Å²) in [5.41, 5.74) is 2.17. The van der Waals surface area contributed by atoms with Crippen molar-refractivity contribution in [1.82, 2.24) is 20.0 Å². The number of carbonyl (C=O) groups excluding carboxylic acids is 1. The summed E-state index contributed by atoms with van der Waals surface area (Å²) in [6.45, 7) is 8.97. The summed E-state index contributed by atoms with van der Waals surface area (Å²) in [4.78, 5) is 28.2. The highest BCUT2D eigenvalue weighted by atomic mass is 35.5. The van der Waals surface area contributed by atoms with Gasteiger partial charge in [-0.05, 0) is 25.1 Å². The number of aromatic nitrogens is 3. The van der Waals surface area contributed by atoms with Crippen LogP contribution in [-0.2, 0) is 0 Å². The van der Waals surface area contributed by atoms with E-state index in [1.54, 1.807) is 18.5 Å². The smallest absolute Gasteiger partial charge is 0.268 e. The summed E-state index contributed by atoms with van der Waals surface area (Å²) in [5, 5.41) is 8.36. The first kappa shape index (κ1) is 21.8. The lowest BCUT2D eigenvalue weighted by Gasteiger charge is -2.35. The number of rotatable bonds is 5. The van der Waals surface area contributed by atoms with Gasteiger partial charge >= 0.3 is 0 Å². The molecule has 0 unspecified atom stereocenters. The van der Waals surface area contributed by atoms with Crippen molar-refractivity contribution in [3.63, 3.8) is 0 Å². The zero-order valence-corrected chi connectivity index (χ0v) is 19.9. The van der Waals surface area contributed by atoms with Crippen LogP contribution in [0.5, 0.6) is 0 Å². The molecule has 1 aromatic carbocycles. The Hall–Kier alpha value is -3.01. The van der Waals surface area contributed by atoms with Gasteiger partial charge in [-0.3, -0.25) is 10.1 Å². The summed E-state index contributed by atoms with van der Waals surface area (Å²) in [6.07, 6.45) is 1.58. The molecule has 10 heteroatoms. The van der Waals surface area contributed by atoms with E-state index in [1.807, 2.05) is 25.1 Å². The van der Waals surface area contributed by atoms with Crippen molar-refractivity contribution in [3.8, 4) is 11.3 Å². The van der Waals surface area contributed by atoms with Crippen LogP contribution in [0.25, 0.3) is 21.5 Å². The Morgan fingerprint density at radius 3 is 2.76 bits per heavy atom. The summed E-state index contributed by atoms with van der Waals surface area (Å²) in [5.74, 6) is 0.886. The molecule has 0 aliphatic carbocycles. The van der Waals surface area contributed by atoms with Crippen molar-refractivity contribution >= 4 is 50.8 Å². The molecule has 4 heterocycles. The molecule has 1 saturated heterocycles. The van der Waals surface area contributed by atoms with Crippen LogP contribution in [0.15, 0.2) is 41.2 Å². The number of thiophene rings is 1. The van der Waals surface area contributed by atoms with Crippen LogP contribution in [0.4, 0.5) is 11.7 Å². The summed E-state index contributed by atoms with van der Waals surface area (Å²) >= 11 is 7.60. The van der Waals surface area contributed by atoms with Crippen LogP contribution < -0.4 is 10.2 Å². The zero-order valence-electron chi connectivity index (χ0n) is 18.3. The van der Waals surface area contributed by atoms with Crippen LogP contribution in [0.2, 0.25) is 5.02 Å². The third-order valence-electron chi connectivity index (χ3n) is 5.93. The molecule has 5 rings (SSSR count). The Morgan fingerprint density at radius 2 is 2.00 bits per heavy atom. The number of nitrogens with one attached hydrogen (secondary N) is 1.